The Labute approximate surface area is 124 Å². The van der Waals surface area contributed by atoms with Crippen molar-refractivity contribution < 1.29 is 17.8 Å². The average Bonchev–Trinajstić information content (AvgIpc) is 2.91. The summed E-state index contributed by atoms with van der Waals surface area (Å²) in [6.45, 7) is 2.67. The highest BCUT2D eigenvalue weighted by atomic mass is 19.4. The molecule has 1 fully saturated rings. The van der Waals surface area contributed by atoms with Gasteiger partial charge in [-0.2, -0.15) is 13.2 Å². The van der Waals surface area contributed by atoms with Crippen LogP contribution in [0.25, 0.3) is 11.2 Å². The molecule has 3 heterocycles. The van der Waals surface area contributed by atoms with Crippen LogP contribution in [0.4, 0.5) is 18.9 Å². The van der Waals surface area contributed by atoms with Gasteiger partial charge in [-0.25, -0.2) is 9.61 Å². The summed E-state index contributed by atoms with van der Waals surface area (Å²) in [5.74, 6) is -1.28. The summed E-state index contributed by atoms with van der Waals surface area (Å²) in [6, 6.07) is 0. The molecule has 6 nitrogen and oxygen atoms in total. The minimum Gasteiger partial charge on any atom is -0.396 e. The lowest BCUT2D eigenvalue weighted by molar-refractivity contribution is -0.187. The number of anilines is 1. The molecule has 1 atom stereocenters. The van der Waals surface area contributed by atoms with Gasteiger partial charge in [-0.3, -0.25) is 4.90 Å². The third kappa shape index (κ3) is 2.72. The van der Waals surface area contributed by atoms with Gasteiger partial charge >= 0.3 is 6.18 Å². The lowest BCUT2D eigenvalue weighted by Crippen LogP contribution is -2.41. The summed E-state index contributed by atoms with van der Waals surface area (Å²) in [5.41, 5.74) is 8.41. The first-order valence-electron chi connectivity index (χ1n) is 7.02. The van der Waals surface area contributed by atoms with Crippen LogP contribution in [-0.2, 0) is 6.54 Å². The first kappa shape index (κ1) is 15.0. The monoisotopic (exact) mass is 315 g/mol. The molecule has 0 aliphatic carbocycles. The van der Waals surface area contributed by atoms with Crippen molar-refractivity contribution in [3.05, 3.63) is 11.3 Å². The molecule has 1 unspecified atom stereocenters. The van der Waals surface area contributed by atoms with E-state index >= 15 is 0 Å². The smallest absolute Gasteiger partial charge is 0.393 e. The number of halogens is 3. The lowest BCUT2D eigenvalue weighted by Gasteiger charge is -2.34. The standard InChI is InChI=1S/C13H16F3N5O/c1-7-9(10(17)11-12(18-7)20-22-19-11)6-21-4-2-3-8(5-21)13(14,15)16/h8H,2-6,17H2,1H3. The largest absolute Gasteiger partial charge is 0.396 e. The van der Waals surface area contributed by atoms with Crippen molar-refractivity contribution >= 4 is 16.9 Å². The Balaban J connectivity index is 1.84. The number of nitrogen functional groups attached to an aromatic ring is 1. The molecular formula is C13H16F3N5O. The molecule has 2 aromatic rings. The Bertz CT molecular complexity index is 684. The van der Waals surface area contributed by atoms with Crippen LogP contribution >= 0.6 is 0 Å². The van der Waals surface area contributed by atoms with Gasteiger partial charge < -0.3 is 5.73 Å². The number of likely N-dealkylation sites (tertiary alicyclic amines) is 1. The Kier molecular flexibility index (Phi) is 3.67. The summed E-state index contributed by atoms with van der Waals surface area (Å²) in [4.78, 5) is 6.00. The molecule has 0 radical (unpaired) electrons. The van der Waals surface area contributed by atoms with E-state index in [1.165, 1.54) is 0 Å². The minimum atomic E-state index is -4.16. The van der Waals surface area contributed by atoms with Gasteiger partial charge in [0, 0.05) is 24.3 Å². The molecule has 0 bridgehead atoms. The number of alkyl halides is 3. The maximum atomic E-state index is 12.9. The quantitative estimate of drug-likeness (QED) is 0.915. The van der Waals surface area contributed by atoms with Crippen molar-refractivity contribution in [1.29, 1.82) is 0 Å². The van der Waals surface area contributed by atoms with E-state index in [4.69, 9.17) is 5.73 Å². The Morgan fingerprint density at radius 2 is 2.14 bits per heavy atom. The summed E-state index contributed by atoms with van der Waals surface area (Å²) in [6.07, 6.45) is -3.46. The Morgan fingerprint density at radius 1 is 1.36 bits per heavy atom. The van der Waals surface area contributed by atoms with Crippen LogP contribution in [-0.4, -0.2) is 39.5 Å². The predicted molar refractivity (Wildman–Crippen MR) is 72.8 cm³/mol. The average molecular weight is 315 g/mol. The SMILES string of the molecule is Cc1nc2nonc2c(N)c1CN1CCCC(C(F)(F)F)C1. The van der Waals surface area contributed by atoms with Gasteiger partial charge in [0.1, 0.15) is 0 Å². The Hall–Kier alpha value is -1.90. The van der Waals surface area contributed by atoms with E-state index in [0.29, 0.717) is 47.6 Å². The van der Waals surface area contributed by atoms with Gasteiger partial charge in [-0.1, -0.05) is 0 Å². The second kappa shape index (κ2) is 5.38. The molecule has 0 aromatic carbocycles. The summed E-state index contributed by atoms with van der Waals surface area (Å²) >= 11 is 0. The van der Waals surface area contributed by atoms with E-state index in [0.717, 1.165) is 0 Å². The molecule has 1 saturated heterocycles. The third-order valence-electron chi connectivity index (χ3n) is 4.11. The van der Waals surface area contributed by atoms with E-state index < -0.39 is 12.1 Å². The molecule has 2 aromatic heterocycles. The van der Waals surface area contributed by atoms with E-state index in [2.05, 4.69) is 19.9 Å². The van der Waals surface area contributed by atoms with E-state index in [-0.39, 0.29) is 13.0 Å². The van der Waals surface area contributed by atoms with Gasteiger partial charge in [-0.15, -0.1) is 0 Å². The van der Waals surface area contributed by atoms with Crippen molar-refractivity contribution in [3.8, 4) is 0 Å². The minimum absolute atomic E-state index is 0.0164. The van der Waals surface area contributed by atoms with Crippen molar-refractivity contribution in [3.63, 3.8) is 0 Å². The zero-order valence-corrected chi connectivity index (χ0v) is 12.0. The molecule has 0 spiro atoms. The number of hydrogen-bond acceptors (Lipinski definition) is 6. The van der Waals surface area contributed by atoms with Crippen LogP contribution in [0.2, 0.25) is 0 Å². The van der Waals surface area contributed by atoms with Gasteiger partial charge in [-0.05, 0) is 36.6 Å². The molecule has 9 heteroatoms. The summed E-state index contributed by atoms with van der Waals surface area (Å²) < 4.78 is 43.3. The van der Waals surface area contributed by atoms with Crippen LogP contribution in [0.1, 0.15) is 24.1 Å². The Morgan fingerprint density at radius 3 is 2.86 bits per heavy atom. The van der Waals surface area contributed by atoms with Gasteiger partial charge in [0.05, 0.1) is 11.6 Å². The van der Waals surface area contributed by atoms with Crippen molar-refractivity contribution in [2.75, 3.05) is 18.8 Å². The summed E-state index contributed by atoms with van der Waals surface area (Å²) in [7, 11) is 0. The van der Waals surface area contributed by atoms with Gasteiger partial charge in [0.15, 0.2) is 5.52 Å². The van der Waals surface area contributed by atoms with Crippen LogP contribution < -0.4 is 5.73 Å². The maximum absolute atomic E-state index is 12.9. The molecule has 1 aliphatic heterocycles. The number of rotatable bonds is 2. The number of hydrogen-bond donors (Lipinski definition) is 1. The molecule has 2 N–H and O–H groups in total. The lowest BCUT2D eigenvalue weighted by atomic mass is 9.97. The van der Waals surface area contributed by atoms with Crippen molar-refractivity contribution in [1.82, 2.24) is 20.2 Å². The van der Waals surface area contributed by atoms with E-state index in [1.54, 1.807) is 11.8 Å². The molecule has 22 heavy (non-hydrogen) atoms. The number of aryl methyl sites for hydroxylation is 1. The highest BCUT2D eigenvalue weighted by molar-refractivity contribution is 5.85. The number of piperidine rings is 1. The topological polar surface area (TPSA) is 81.1 Å². The second-order valence-corrected chi connectivity index (χ2v) is 5.64. The molecule has 120 valence electrons. The fourth-order valence-electron chi connectivity index (χ4n) is 2.88. The molecule has 1 aliphatic rings. The van der Waals surface area contributed by atoms with Gasteiger partial charge in [0.25, 0.3) is 0 Å². The highest BCUT2D eigenvalue weighted by Crippen LogP contribution is 2.34. The van der Waals surface area contributed by atoms with E-state index in [1.807, 2.05) is 0 Å². The van der Waals surface area contributed by atoms with E-state index in [9.17, 15) is 13.2 Å². The van der Waals surface area contributed by atoms with Gasteiger partial charge in [0.2, 0.25) is 5.65 Å². The predicted octanol–water partition coefficient (Wildman–Crippen LogP) is 2.28. The molecule has 0 amide bonds. The fourth-order valence-corrected chi connectivity index (χ4v) is 2.88. The second-order valence-electron chi connectivity index (χ2n) is 5.64. The van der Waals surface area contributed by atoms with Crippen LogP contribution in [0, 0.1) is 12.8 Å². The third-order valence-corrected chi connectivity index (χ3v) is 4.11. The summed E-state index contributed by atoms with van der Waals surface area (Å²) in [5, 5.41) is 7.33. The zero-order chi connectivity index (χ0) is 15.9. The van der Waals surface area contributed by atoms with Crippen LogP contribution in [0.3, 0.4) is 0 Å². The highest BCUT2D eigenvalue weighted by Gasteiger charge is 2.41. The molecule has 3 rings (SSSR count). The van der Waals surface area contributed by atoms with Crippen molar-refractivity contribution in [2.24, 2.45) is 5.92 Å². The number of pyridine rings is 1. The first-order valence-corrected chi connectivity index (χ1v) is 7.02. The zero-order valence-electron chi connectivity index (χ0n) is 12.0. The van der Waals surface area contributed by atoms with Crippen molar-refractivity contribution in [2.45, 2.75) is 32.5 Å². The fraction of sp³-hybridized carbons (Fsp3) is 0.615. The number of nitrogens with two attached hydrogens (primary N) is 1. The normalized spacial score (nSPS) is 20.6. The number of fused-ring (bicyclic) bond motifs is 1. The molecule has 0 saturated carbocycles. The number of aromatic nitrogens is 3. The molecular weight excluding hydrogens is 299 g/mol. The van der Waals surface area contributed by atoms with Crippen LogP contribution in [0.15, 0.2) is 4.63 Å². The first-order chi connectivity index (χ1) is 10.4. The maximum Gasteiger partial charge on any atom is 0.393 e. The number of nitrogens with zero attached hydrogens (tertiary/aromatic N) is 4. The van der Waals surface area contributed by atoms with Crippen LogP contribution in [0.5, 0.6) is 0 Å².